The van der Waals surface area contributed by atoms with Gasteiger partial charge in [0.05, 0.1) is 12.0 Å². The summed E-state index contributed by atoms with van der Waals surface area (Å²) in [6, 6.07) is 7.36. The van der Waals surface area contributed by atoms with Gasteiger partial charge in [0.25, 0.3) is 0 Å². The van der Waals surface area contributed by atoms with Gasteiger partial charge in [-0.25, -0.2) is 0 Å². The van der Waals surface area contributed by atoms with Crippen LogP contribution in [0.25, 0.3) is 0 Å². The smallest absolute Gasteiger partial charge is 0.225 e. The maximum Gasteiger partial charge on any atom is 0.225 e. The number of nitrogens with zero attached hydrogens (tertiary/aromatic N) is 4. The molecule has 1 N–H and O–H groups in total. The first kappa shape index (κ1) is 16.6. The van der Waals surface area contributed by atoms with Crippen molar-refractivity contribution >= 4 is 23.3 Å². The largest absolute Gasteiger partial charge is 0.354 e. The zero-order valence-electron chi connectivity index (χ0n) is 13.5. The van der Waals surface area contributed by atoms with Crippen LogP contribution >= 0.6 is 11.6 Å². The Kier molecular flexibility index (Phi) is 5.25. The zero-order chi connectivity index (χ0) is 16.9. The van der Waals surface area contributed by atoms with Gasteiger partial charge in [-0.05, 0) is 49.6 Å². The van der Waals surface area contributed by atoms with E-state index in [0.29, 0.717) is 11.7 Å². The number of carbonyl (C=O) groups excluding carboxylic acids is 1. The van der Waals surface area contributed by atoms with Crippen LogP contribution in [0.1, 0.15) is 31.4 Å². The lowest BCUT2D eigenvalue weighted by Gasteiger charge is -2.33. The summed E-state index contributed by atoms with van der Waals surface area (Å²) in [6.07, 6.45) is 5.30. The third-order valence-electron chi connectivity index (χ3n) is 4.30. The number of amides is 1. The van der Waals surface area contributed by atoms with Gasteiger partial charge in [-0.15, -0.1) is 10.2 Å². The second-order valence-electron chi connectivity index (χ2n) is 6.01. The summed E-state index contributed by atoms with van der Waals surface area (Å²) in [6.45, 7) is 3.50. The van der Waals surface area contributed by atoms with Crippen LogP contribution in [0.2, 0.25) is 5.15 Å². The van der Waals surface area contributed by atoms with Crippen LogP contribution < -0.4 is 10.2 Å². The fourth-order valence-electron chi connectivity index (χ4n) is 2.94. The lowest BCUT2D eigenvalue weighted by atomic mass is 9.96. The summed E-state index contributed by atoms with van der Waals surface area (Å²) in [7, 11) is 0. The Hall–Kier alpha value is -2.21. The Morgan fingerprint density at radius 3 is 2.79 bits per heavy atom. The van der Waals surface area contributed by atoms with E-state index >= 15 is 0 Å². The van der Waals surface area contributed by atoms with Gasteiger partial charge in [0.2, 0.25) is 5.91 Å². The molecule has 3 rings (SSSR count). The van der Waals surface area contributed by atoms with E-state index in [1.807, 2.05) is 25.1 Å². The van der Waals surface area contributed by atoms with Gasteiger partial charge in [-0.2, -0.15) is 0 Å². The third-order valence-corrected chi connectivity index (χ3v) is 4.50. The normalized spacial score (nSPS) is 18.9. The molecule has 0 unspecified atom stereocenters. The van der Waals surface area contributed by atoms with E-state index in [1.54, 1.807) is 18.5 Å². The van der Waals surface area contributed by atoms with Gasteiger partial charge < -0.3 is 10.2 Å². The number of hydrogen-bond donors (Lipinski definition) is 1. The van der Waals surface area contributed by atoms with Crippen LogP contribution in [-0.2, 0) is 4.79 Å². The third kappa shape index (κ3) is 4.00. The van der Waals surface area contributed by atoms with Crippen LogP contribution in [0.15, 0.2) is 36.7 Å². The molecule has 1 aliphatic rings. The quantitative estimate of drug-likeness (QED) is 0.922. The van der Waals surface area contributed by atoms with Crippen molar-refractivity contribution in [1.29, 1.82) is 0 Å². The van der Waals surface area contributed by atoms with E-state index in [9.17, 15) is 4.79 Å². The summed E-state index contributed by atoms with van der Waals surface area (Å²) in [4.78, 5) is 18.7. The first-order chi connectivity index (χ1) is 11.6. The molecule has 0 bridgehead atoms. The van der Waals surface area contributed by atoms with Gasteiger partial charge in [-0.3, -0.25) is 9.78 Å². The van der Waals surface area contributed by atoms with Crippen molar-refractivity contribution in [2.75, 3.05) is 18.0 Å². The summed E-state index contributed by atoms with van der Waals surface area (Å²) in [5.74, 6) is 0.783. The standard InChI is InChI=1S/C17H20ClN5O/c1-12(13-6-8-19-9-7-13)20-17(24)14-3-2-10-23(11-14)16-5-4-15(18)21-22-16/h4-9,12,14H,2-3,10-11H2,1H3,(H,20,24)/t12-,14+/m1/s1. The van der Waals surface area contributed by atoms with Crippen LogP contribution in [0.4, 0.5) is 5.82 Å². The topological polar surface area (TPSA) is 71.0 Å². The van der Waals surface area contributed by atoms with Crippen molar-refractivity contribution in [1.82, 2.24) is 20.5 Å². The molecule has 6 nitrogen and oxygen atoms in total. The molecule has 3 heterocycles. The molecule has 1 amide bonds. The Bertz CT molecular complexity index is 679. The SMILES string of the molecule is C[C@@H](NC(=O)[C@H]1CCCN(c2ccc(Cl)nn2)C1)c1ccncc1. The number of carbonyl (C=O) groups is 1. The number of nitrogens with one attached hydrogen (secondary N) is 1. The molecular weight excluding hydrogens is 326 g/mol. The Balaban J connectivity index is 1.61. The Morgan fingerprint density at radius 1 is 1.29 bits per heavy atom. The van der Waals surface area contributed by atoms with Crippen LogP contribution in [0.5, 0.6) is 0 Å². The number of halogens is 1. The highest BCUT2D eigenvalue weighted by molar-refractivity contribution is 6.29. The number of hydrogen-bond acceptors (Lipinski definition) is 5. The van der Waals surface area contributed by atoms with Crippen LogP contribution in [0, 0.1) is 5.92 Å². The molecule has 1 fully saturated rings. The van der Waals surface area contributed by atoms with E-state index in [4.69, 9.17) is 11.6 Å². The second kappa shape index (κ2) is 7.57. The Morgan fingerprint density at radius 2 is 2.08 bits per heavy atom. The van der Waals surface area contributed by atoms with Crippen LogP contribution in [0.3, 0.4) is 0 Å². The van der Waals surface area contributed by atoms with Gasteiger partial charge >= 0.3 is 0 Å². The molecule has 7 heteroatoms. The molecule has 0 spiro atoms. The molecule has 2 atom stereocenters. The molecule has 0 aliphatic carbocycles. The maximum atomic E-state index is 12.6. The average molecular weight is 346 g/mol. The van der Waals surface area contributed by atoms with Gasteiger partial charge in [0.1, 0.15) is 0 Å². The van der Waals surface area contributed by atoms with E-state index in [2.05, 4.69) is 25.4 Å². The van der Waals surface area contributed by atoms with E-state index < -0.39 is 0 Å². The number of anilines is 1. The van der Waals surface area contributed by atoms with Gasteiger partial charge in [-0.1, -0.05) is 11.6 Å². The summed E-state index contributed by atoms with van der Waals surface area (Å²) < 4.78 is 0. The maximum absolute atomic E-state index is 12.6. The number of piperidine rings is 1. The van der Waals surface area contributed by atoms with Gasteiger partial charge in [0.15, 0.2) is 11.0 Å². The second-order valence-corrected chi connectivity index (χ2v) is 6.40. The first-order valence-electron chi connectivity index (χ1n) is 8.08. The minimum atomic E-state index is -0.0551. The van der Waals surface area contributed by atoms with Crippen molar-refractivity contribution < 1.29 is 4.79 Å². The summed E-state index contributed by atoms with van der Waals surface area (Å²) in [5, 5.41) is 11.5. The molecule has 126 valence electrons. The minimum absolute atomic E-state index is 0.0359. The van der Waals surface area contributed by atoms with E-state index in [0.717, 1.165) is 30.8 Å². The van der Waals surface area contributed by atoms with Gasteiger partial charge in [0, 0.05) is 25.5 Å². The highest BCUT2D eigenvalue weighted by Crippen LogP contribution is 2.23. The summed E-state index contributed by atoms with van der Waals surface area (Å²) >= 11 is 5.78. The minimum Gasteiger partial charge on any atom is -0.354 e. The summed E-state index contributed by atoms with van der Waals surface area (Å²) in [5.41, 5.74) is 1.05. The number of aromatic nitrogens is 3. The van der Waals surface area contributed by atoms with E-state index in [1.165, 1.54) is 0 Å². The molecule has 0 aromatic carbocycles. The zero-order valence-corrected chi connectivity index (χ0v) is 14.3. The van der Waals surface area contributed by atoms with Crippen molar-refractivity contribution in [3.63, 3.8) is 0 Å². The number of pyridine rings is 1. The molecule has 2 aromatic rings. The average Bonchev–Trinajstić information content (AvgIpc) is 2.63. The fourth-order valence-corrected chi connectivity index (χ4v) is 3.04. The first-order valence-corrected chi connectivity index (χ1v) is 8.46. The van der Waals surface area contributed by atoms with Crippen molar-refractivity contribution in [3.8, 4) is 0 Å². The predicted molar refractivity (Wildman–Crippen MR) is 92.8 cm³/mol. The molecule has 24 heavy (non-hydrogen) atoms. The van der Waals surface area contributed by atoms with Crippen molar-refractivity contribution in [2.24, 2.45) is 5.92 Å². The number of rotatable bonds is 4. The van der Waals surface area contributed by atoms with Crippen molar-refractivity contribution in [3.05, 3.63) is 47.4 Å². The lowest BCUT2D eigenvalue weighted by molar-refractivity contribution is -0.125. The molecule has 2 aromatic heterocycles. The van der Waals surface area contributed by atoms with E-state index in [-0.39, 0.29) is 17.9 Å². The molecule has 1 aliphatic heterocycles. The molecular formula is C17H20ClN5O. The predicted octanol–water partition coefficient (Wildman–Crippen LogP) is 2.62. The van der Waals surface area contributed by atoms with Crippen LogP contribution in [-0.4, -0.2) is 34.2 Å². The van der Waals surface area contributed by atoms with Crippen molar-refractivity contribution in [2.45, 2.75) is 25.8 Å². The molecule has 0 saturated carbocycles. The highest BCUT2D eigenvalue weighted by Gasteiger charge is 2.27. The molecule has 1 saturated heterocycles. The fraction of sp³-hybridized carbons (Fsp3) is 0.412. The molecule has 0 radical (unpaired) electrons. The monoisotopic (exact) mass is 345 g/mol. The Labute approximate surface area is 146 Å². The highest BCUT2D eigenvalue weighted by atomic mass is 35.5. The lowest BCUT2D eigenvalue weighted by Crippen LogP contribution is -2.44.